The Morgan fingerprint density at radius 3 is 2.47 bits per heavy atom. The van der Waals surface area contributed by atoms with Crippen LogP contribution in [0.1, 0.15) is 21.5 Å². The summed E-state index contributed by atoms with van der Waals surface area (Å²) in [4.78, 5) is 11.4. The predicted molar refractivity (Wildman–Crippen MR) is 63.9 cm³/mol. The molecule has 0 bridgehead atoms. The fourth-order valence-corrected chi connectivity index (χ4v) is 2.23. The van der Waals surface area contributed by atoms with Crippen molar-refractivity contribution in [3.05, 3.63) is 32.4 Å². The van der Waals surface area contributed by atoms with Gasteiger partial charge in [0.2, 0.25) is 0 Å². The Hall–Kier alpha value is -0.810. The van der Waals surface area contributed by atoms with Gasteiger partial charge in [-0.2, -0.15) is 18.4 Å². The lowest BCUT2D eigenvalue weighted by Crippen LogP contribution is -2.13. The quantitative estimate of drug-likeness (QED) is 0.451. The Bertz CT molecular complexity index is 507. The van der Waals surface area contributed by atoms with Gasteiger partial charge < -0.3 is 0 Å². The molecule has 0 aliphatic rings. The minimum absolute atomic E-state index is 0.174. The zero-order valence-corrected chi connectivity index (χ0v) is 11.0. The highest BCUT2D eigenvalue weighted by Crippen LogP contribution is 2.35. The molecule has 0 unspecified atom stereocenters. The van der Waals surface area contributed by atoms with Crippen LogP contribution in [0.3, 0.4) is 0 Å². The maximum atomic E-state index is 12.7. The largest absolute Gasteiger partial charge is 0.417 e. The third-order valence-corrected chi connectivity index (χ3v) is 3.33. The molecular weight excluding hydrogens is 369 g/mol. The second-order valence-electron chi connectivity index (χ2n) is 3.05. The highest BCUT2D eigenvalue weighted by molar-refractivity contribution is 14.1. The molecule has 0 aromatic heterocycles. The second kappa shape index (κ2) is 5.23. The lowest BCUT2D eigenvalue weighted by atomic mass is 10.0. The molecule has 1 aromatic carbocycles. The van der Waals surface area contributed by atoms with Crippen LogP contribution < -0.4 is 0 Å². The molecule has 0 saturated carbocycles. The van der Waals surface area contributed by atoms with Gasteiger partial charge in [0.25, 0.3) is 0 Å². The van der Waals surface area contributed by atoms with Crippen molar-refractivity contribution in [3.8, 4) is 6.07 Å². The summed E-state index contributed by atoms with van der Waals surface area (Å²) >= 11 is 6.73. The first-order chi connectivity index (χ1) is 7.81. The highest BCUT2D eigenvalue weighted by atomic mass is 127. The lowest BCUT2D eigenvalue weighted by Gasteiger charge is -2.12. The molecule has 0 saturated heterocycles. The molecule has 90 valence electrons. The number of carbonyl (C=O) groups excluding carboxylic acids is 1. The number of Topliss-reactive ketones (excluding diaryl/α,β-unsaturated/α-hetero) is 1. The van der Waals surface area contributed by atoms with Crippen LogP contribution >= 0.6 is 34.2 Å². The molecule has 2 nitrogen and oxygen atoms in total. The number of alkyl halides is 4. The van der Waals surface area contributed by atoms with Gasteiger partial charge in [-0.05, 0) is 34.7 Å². The number of ketones is 1. The second-order valence-corrected chi connectivity index (χ2v) is 4.40. The number of nitriles is 1. The summed E-state index contributed by atoms with van der Waals surface area (Å²) in [7, 11) is 0. The first kappa shape index (κ1) is 14.3. The molecule has 1 aromatic rings. The van der Waals surface area contributed by atoms with Crippen LogP contribution in [0.2, 0.25) is 0 Å². The Balaban J connectivity index is 3.54. The fourth-order valence-electron chi connectivity index (χ4n) is 1.17. The van der Waals surface area contributed by atoms with E-state index in [-0.39, 0.29) is 14.7 Å². The minimum atomic E-state index is -4.61. The maximum Gasteiger partial charge on any atom is 0.417 e. The smallest absolute Gasteiger partial charge is 0.293 e. The van der Waals surface area contributed by atoms with Gasteiger partial charge in [-0.3, -0.25) is 4.79 Å². The van der Waals surface area contributed by atoms with E-state index in [2.05, 4.69) is 0 Å². The normalized spacial score (nSPS) is 11.1. The number of hydrogen-bond donors (Lipinski definition) is 0. The zero-order valence-electron chi connectivity index (χ0n) is 8.11. The standard InChI is InChI=1S/C10H4ClF3INO/c11-3-8(17)6-1-5(4-16)2-7(9(6)15)10(12,13)14/h1-2H,3H2. The third kappa shape index (κ3) is 3.10. The number of nitrogens with zero attached hydrogens (tertiary/aromatic N) is 1. The summed E-state index contributed by atoms with van der Waals surface area (Å²) in [5.74, 6) is -1.07. The van der Waals surface area contributed by atoms with Crippen LogP contribution in [0.25, 0.3) is 0 Å². The summed E-state index contributed by atoms with van der Waals surface area (Å²) in [5.41, 5.74) is -1.39. The SMILES string of the molecule is N#Cc1cc(C(=O)CCl)c(I)c(C(F)(F)F)c1. The molecule has 0 aliphatic carbocycles. The Labute approximate surface area is 114 Å². The summed E-state index contributed by atoms with van der Waals surface area (Å²) in [5, 5.41) is 8.63. The van der Waals surface area contributed by atoms with Crippen molar-refractivity contribution in [2.24, 2.45) is 0 Å². The molecule has 7 heteroatoms. The summed E-state index contributed by atoms with van der Waals surface area (Å²) < 4.78 is 37.7. The van der Waals surface area contributed by atoms with Crippen molar-refractivity contribution in [2.45, 2.75) is 6.18 Å². The highest BCUT2D eigenvalue weighted by Gasteiger charge is 2.35. The van der Waals surface area contributed by atoms with Gasteiger partial charge in [-0.1, -0.05) is 0 Å². The molecule has 0 heterocycles. The lowest BCUT2D eigenvalue weighted by molar-refractivity contribution is -0.138. The van der Waals surface area contributed by atoms with Crippen LogP contribution in [-0.4, -0.2) is 11.7 Å². The molecule has 0 atom stereocenters. The average molecular weight is 373 g/mol. The van der Waals surface area contributed by atoms with E-state index < -0.39 is 23.4 Å². The van der Waals surface area contributed by atoms with Gasteiger partial charge in [0, 0.05) is 9.13 Å². The van der Waals surface area contributed by atoms with E-state index in [1.807, 2.05) is 0 Å². The minimum Gasteiger partial charge on any atom is -0.293 e. The van der Waals surface area contributed by atoms with Crippen LogP contribution in [0.4, 0.5) is 13.2 Å². The summed E-state index contributed by atoms with van der Waals surface area (Å²) in [6.07, 6.45) is -4.61. The van der Waals surface area contributed by atoms with E-state index in [0.29, 0.717) is 6.07 Å². The van der Waals surface area contributed by atoms with E-state index in [1.165, 1.54) is 22.6 Å². The van der Waals surface area contributed by atoms with E-state index in [4.69, 9.17) is 16.9 Å². The summed E-state index contributed by atoms with van der Waals surface area (Å²) in [6.45, 7) is 0. The number of rotatable bonds is 2. The van der Waals surface area contributed by atoms with E-state index in [0.717, 1.165) is 6.07 Å². The fraction of sp³-hybridized carbons (Fsp3) is 0.200. The molecule has 0 fully saturated rings. The van der Waals surface area contributed by atoms with Gasteiger partial charge in [0.05, 0.1) is 23.1 Å². The molecule has 0 spiro atoms. The van der Waals surface area contributed by atoms with Crippen molar-refractivity contribution in [3.63, 3.8) is 0 Å². The van der Waals surface area contributed by atoms with Gasteiger partial charge in [-0.15, -0.1) is 11.6 Å². The number of benzene rings is 1. The molecule has 17 heavy (non-hydrogen) atoms. The number of carbonyl (C=O) groups is 1. The van der Waals surface area contributed by atoms with Crippen molar-refractivity contribution in [1.82, 2.24) is 0 Å². The average Bonchev–Trinajstić information content (AvgIpc) is 2.26. The first-order valence-corrected chi connectivity index (χ1v) is 5.82. The van der Waals surface area contributed by atoms with Crippen LogP contribution in [0.15, 0.2) is 12.1 Å². The monoisotopic (exact) mass is 373 g/mol. The Kier molecular flexibility index (Phi) is 4.38. The van der Waals surface area contributed by atoms with Crippen molar-refractivity contribution < 1.29 is 18.0 Å². The van der Waals surface area contributed by atoms with E-state index in [1.54, 1.807) is 6.07 Å². The number of hydrogen-bond acceptors (Lipinski definition) is 2. The topological polar surface area (TPSA) is 40.9 Å². The molecular formula is C10H4ClF3INO. The van der Waals surface area contributed by atoms with Crippen LogP contribution in [0.5, 0.6) is 0 Å². The third-order valence-electron chi connectivity index (χ3n) is 1.93. The predicted octanol–water partition coefficient (Wildman–Crippen LogP) is 3.60. The molecule has 0 N–H and O–H groups in total. The Morgan fingerprint density at radius 2 is 2.06 bits per heavy atom. The molecule has 0 amide bonds. The molecule has 0 aliphatic heterocycles. The number of halogens is 5. The van der Waals surface area contributed by atoms with Gasteiger partial charge in [0.1, 0.15) is 0 Å². The maximum absolute atomic E-state index is 12.7. The van der Waals surface area contributed by atoms with Crippen LogP contribution in [-0.2, 0) is 6.18 Å². The van der Waals surface area contributed by atoms with Crippen molar-refractivity contribution >= 4 is 40.0 Å². The van der Waals surface area contributed by atoms with Gasteiger partial charge in [0.15, 0.2) is 5.78 Å². The molecule has 0 radical (unpaired) electrons. The zero-order chi connectivity index (χ0) is 13.2. The van der Waals surface area contributed by atoms with Gasteiger partial charge in [-0.25, -0.2) is 0 Å². The van der Waals surface area contributed by atoms with E-state index >= 15 is 0 Å². The van der Waals surface area contributed by atoms with Gasteiger partial charge >= 0.3 is 6.18 Å². The summed E-state index contributed by atoms with van der Waals surface area (Å²) in [6, 6.07) is 3.42. The first-order valence-electron chi connectivity index (χ1n) is 4.21. The Morgan fingerprint density at radius 1 is 1.47 bits per heavy atom. The van der Waals surface area contributed by atoms with E-state index in [9.17, 15) is 18.0 Å². The van der Waals surface area contributed by atoms with Crippen molar-refractivity contribution in [1.29, 1.82) is 5.26 Å². The van der Waals surface area contributed by atoms with Crippen LogP contribution in [0, 0.1) is 14.9 Å². The van der Waals surface area contributed by atoms with Crippen molar-refractivity contribution in [2.75, 3.05) is 5.88 Å². The molecule has 1 rings (SSSR count).